The topological polar surface area (TPSA) is 18.5 Å². The summed E-state index contributed by atoms with van der Waals surface area (Å²) in [6, 6.07) is 0. The van der Waals surface area contributed by atoms with Crippen LogP contribution in [0.4, 0.5) is 0 Å². The Morgan fingerprint density at radius 2 is 1.92 bits per heavy atom. The first kappa shape index (κ1) is 10.5. The second-order valence-electron chi connectivity index (χ2n) is 4.41. The second-order valence-corrected chi connectivity index (χ2v) is 5.05. The first-order valence-electron chi connectivity index (χ1n) is 4.24. The third-order valence-corrected chi connectivity index (χ3v) is 3.34. The lowest BCUT2D eigenvalue weighted by molar-refractivity contribution is -0.0962. The van der Waals surface area contributed by atoms with Gasteiger partial charge in [0, 0.05) is 17.3 Å². The summed E-state index contributed by atoms with van der Waals surface area (Å²) in [7, 11) is -0.0898. The molecule has 0 atom stereocenters. The van der Waals surface area contributed by atoms with E-state index >= 15 is 0 Å². The van der Waals surface area contributed by atoms with Crippen molar-refractivity contribution in [2.45, 2.75) is 33.3 Å². The maximum Gasteiger partial charge on any atom is 0.468 e. The minimum atomic E-state index is -0.107. The fraction of sp³-hybridized carbons (Fsp3) is 1.00. The molecule has 0 saturated carbocycles. The van der Waals surface area contributed by atoms with Crippen molar-refractivity contribution < 1.29 is 9.31 Å². The molecule has 1 aliphatic heterocycles. The lowest BCUT2D eigenvalue weighted by Gasteiger charge is -2.47. The summed E-state index contributed by atoms with van der Waals surface area (Å²) in [5, 5.41) is 0.743. The number of hydrogen-bond acceptors (Lipinski definition) is 2. The van der Waals surface area contributed by atoms with E-state index in [0.717, 1.165) is 11.8 Å². The largest absolute Gasteiger partial charge is 0.468 e. The Hall–Kier alpha value is 0.465. The molecule has 70 valence electrons. The molecule has 1 saturated heterocycles. The average molecular weight is 235 g/mol. The van der Waals surface area contributed by atoms with Crippen LogP contribution in [0.5, 0.6) is 0 Å². The molecule has 1 heterocycles. The molecule has 0 radical (unpaired) electrons. The molecular weight excluding hydrogens is 219 g/mol. The third-order valence-electron chi connectivity index (χ3n) is 2.81. The van der Waals surface area contributed by atoms with Crippen molar-refractivity contribution in [2.24, 2.45) is 5.41 Å². The molecule has 1 fully saturated rings. The van der Waals surface area contributed by atoms with Gasteiger partial charge in [0.25, 0.3) is 0 Å². The summed E-state index contributed by atoms with van der Waals surface area (Å²) in [5.74, 6) is 0. The molecule has 1 aliphatic rings. The van der Waals surface area contributed by atoms with E-state index in [0.29, 0.717) is 0 Å². The molecule has 0 aromatic heterocycles. The monoisotopic (exact) mass is 234 g/mol. The molecule has 0 aromatic carbocycles. The molecule has 0 amide bonds. The quantitative estimate of drug-likeness (QED) is 0.512. The third kappa shape index (κ3) is 1.86. The van der Waals surface area contributed by atoms with E-state index in [4.69, 9.17) is 9.31 Å². The van der Waals surface area contributed by atoms with E-state index in [2.05, 4.69) is 43.6 Å². The van der Waals surface area contributed by atoms with E-state index in [1.165, 1.54) is 0 Å². The van der Waals surface area contributed by atoms with E-state index in [1.807, 2.05) is 0 Å². The van der Waals surface area contributed by atoms with Gasteiger partial charge in [-0.25, -0.2) is 0 Å². The van der Waals surface area contributed by atoms with E-state index in [9.17, 15) is 0 Å². The van der Waals surface area contributed by atoms with Crippen LogP contribution in [0.3, 0.4) is 0 Å². The predicted molar refractivity (Wildman–Crippen MR) is 54.4 cm³/mol. The van der Waals surface area contributed by atoms with Crippen LogP contribution in [0.2, 0.25) is 0 Å². The second kappa shape index (κ2) is 3.31. The SMILES string of the molecule is CC1(C)COB(CBr)OC1(C)C. The summed E-state index contributed by atoms with van der Waals surface area (Å²) >= 11 is 3.35. The summed E-state index contributed by atoms with van der Waals surface area (Å²) in [6.45, 7) is 9.32. The maximum atomic E-state index is 5.77. The lowest BCUT2D eigenvalue weighted by atomic mass is 9.73. The first-order chi connectivity index (χ1) is 5.39. The van der Waals surface area contributed by atoms with Crippen LogP contribution in [0.25, 0.3) is 0 Å². The Balaban J connectivity index is 2.68. The lowest BCUT2D eigenvalue weighted by Crippen LogP contribution is -2.55. The van der Waals surface area contributed by atoms with Crippen molar-refractivity contribution >= 4 is 23.0 Å². The first-order valence-corrected chi connectivity index (χ1v) is 5.36. The van der Waals surface area contributed by atoms with Crippen LogP contribution in [0.15, 0.2) is 0 Å². The number of rotatable bonds is 1. The van der Waals surface area contributed by atoms with E-state index < -0.39 is 0 Å². The molecular formula is C8H16BBrO2. The molecule has 0 aromatic rings. The van der Waals surface area contributed by atoms with Gasteiger partial charge in [-0.05, 0) is 13.8 Å². The highest BCUT2D eigenvalue weighted by atomic mass is 79.9. The summed E-state index contributed by atoms with van der Waals surface area (Å²) in [4.78, 5) is 0. The van der Waals surface area contributed by atoms with Crippen molar-refractivity contribution in [3.63, 3.8) is 0 Å². The highest BCUT2D eigenvalue weighted by Gasteiger charge is 2.45. The molecule has 0 bridgehead atoms. The average Bonchev–Trinajstić information content (AvgIpc) is 1.95. The zero-order chi connectivity index (χ0) is 9.41. The number of halogens is 1. The predicted octanol–water partition coefficient (Wildman–Crippen LogP) is 2.26. The van der Waals surface area contributed by atoms with Gasteiger partial charge in [-0.3, -0.25) is 0 Å². The molecule has 1 rings (SSSR count). The Morgan fingerprint density at radius 1 is 1.33 bits per heavy atom. The van der Waals surface area contributed by atoms with Gasteiger partial charge >= 0.3 is 7.12 Å². The Kier molecular flexibility index (Phi) is 2.91. The highest BCUT2D eigenvalue weighted by Crippen LogP contribution is 2.38. The Bertz CT molecular complexity index is 170. The molecule has 0 spiro atoms. The zero-order valence-corrected chi connectivity index (χ0v) is 9.77. The fourth-order valence-corrected chi connectivity index (χ4v) is 1.39. The van der Waals surface area contributed by atoms with Gasteiger partial charge in [0.05, 0.1) is 5.60 Å². The minimum absolute atomic E-state index is 0.0890. The fourth-order valence-electron chi connectivity index (χ4n) is 1.07. The van der Waals surface area contributed by atoms with Crippen LogP contribution >= 0.6 is 15.9 Å². The minimum Gasteiger partial charge on any atom is -0.410 e. The van der Waals surface area contributed by atoms with Crippen LogP contribution in [0, 0.1) is 5.41 Å². The van der Waals surface area contributed by atoms with Gasteiger partial charge in [0.1, 0.15) is 0 Å². The highest BCUT2D eigenvalue weighted by molar-refractivity contribution is 9.09. The van der Waals surface area contributed by atoms with Crippen molar-refractivity contribution in [1.29, 1.82) is 0 Å². The smallest absolute Gasteiger partial charge is 0.410 e. The van der Waals surface area contributed by atoms with Crippen LogP contribution < -0.4 is 0 Å². The molecule has 12 heavy (non-hydrogen) atoms. The van der Waals surface area contributed by atoms with Crippen molar-refractivity contribution in [3.05, 3.63) is 0 Å². The molecule has 0 aliphatic carbocycles. The summed E-state index contributed by atoms with van der Waals surface area (Å²) < 4.78 is 11.3. The van der Waals surface area contributed by atoms with Gasteiger partial charge < -0.3 is 9.31 Å². The van der Waals surface area contributed by atoms with E-state index in [1.54, 1.807) is 0 Å². The normalized spacial score (nSPS) is 27.2. The van der Waals surface area contributed by atoms with Crippen LogP contribution in [0.1, 0.15) is 27.7 Å². The Labute approximate surface area is 83.3 Å². The van der Waals surface area contributed by atoms with Crippen molar-refractivity contribution in [2.75, 3.05) is 11.8 Å². The van der Waals surface area contributed by atoms with Crippen LogP contribution in [-0.2, 0) is 9.31 Å². The Morgan fingerprint density at radius 3 is 2.33 bits per heavy atom. The van der Waals surface area contributed by atoms with Gasteiger partial charge in [-0.1, -0.05) is 29.8 Å². The molecule has 0 N–H and O–H groups in total. The standard InChI is InChI=1S/C8H16BBrO2/c1-7(2)5-11-9(6-10)12-8(7,3)4/h5-6H2,1-4H3. The van der Waals surface area contributed by atoms with Gasteiger partial charge in [-0.2, -0.15) is 0 Å². The zero-order valence-electron chi connectivity index (χ0n) is 8.19. The van der Waals surface area contributed by atoms with Crippen LogP contribution in [-0.4, -0.2) is 24.6 Å². The molecule has 4 heteroatoms. The van der Waals surface area contributed by atoms with Gasteiger partial charge in [0.2, 0.25) is 0 Å². The van der Waals surface area contributed by atoms with E-state index in [-0.39, 0.29) is 18.1 Å². The summed E-state index contributed by atoms with van der Waals surface area (Å²) in [6.07, 6.45) is 0. The van der Waals surface area contributed by atoms with Crippen molar-refractivity contribution in [1.82, 2.24) is 0 Å². The number of alkyl halides is 1. The number of hydrogen-bond donors (Lipinski definition) is 0. The van der Waals surface area contributed by atoms with Crippen molar-refractivity contribution in [3.8, 4) is 0 Å². The maximum absolute atomic E-state index is 5.77. The molecule has 0 unspecified atom stereocenters. The van der Waals surface area contributed by atoms with Gasteiger partial charge in [0.15, 0.2) is 0 Å². The van der Waals surface area contributed by atoms with Gasteiger partial charge in [-0.15, -0.1) is 0 Å². The molecule has 2 nitrogen and oxygen atoms in total. The summed E-state index contributed by atoms with van der Waals surface area (Å²) in [5.41, 5.74) is -0.0185.